The molecule has 17 heavy (non-hydrogen) atoms. The smallest absolute Gasteiger partial charge is 0.162 e. The molecule has 5 nitrogen and oxygen atoms in total. The van der Waals surface area contributed by atoms with Gasteiger partial charge in [-0.15, -0.1) is 0 Å². The van der Waals surface area contributed by atoms with Crippen molar-refractivity contribution >= 4 is 11.4 Å². The van der Waals surface area contributed by atoms with Gasteiger partial charge in [-0.1, -0.05) is 0 Å². The van der Waals surface area contributed by atoms with Crippen LogP contribution in [0, 0.1) is 0 Å². The molecule has 0 fully saturated rings. The van der Waals surface area contributed by atoms with Crippen molar-refractivity contribution < 1.29 is 14.6 Å². The van der Waals surface area contributed by atoms with E-state index in [9.17, 15) is 0 Å². The Hall–Kier alpha value is -1.62. The SMILES string of the molecule is COc1cc(N)c(NCCC(C)O)cc1OC. The van der Waals surface area contributed by atoms with Crippen LogP contribution in [0.5, 0.6) is 11.5 Å². The standard InChI is InChI=1S/C12H20N2O3/c1-8(15)4-5-14-10-7-12(17-3)11(16-2)6-9(10)13/h6-8,14-15H,4-5,13H2,1-3H3. The Morgan fingerprint density at radius 3 is 2.41 bits per heavy atom. The van der Waals surface area contributed by atoms with E-state index < -0.39 is 0 Å². The number of nitrogens with two attached hydrogens (primary N) is 1. The zero-order valence-corrected chi connectivity index (χ0v) is 10.5. The maximum absolute atomic E-state index is 9.17. The Morgan fingerprint density at radius 2 is 1.88 bits per heavy atom. The number of nitrogens with one attached hydrogen (secondary N) is 1. The number of aliphatic hydroxyl groups excluding tert-OH is 1. The van der Waals surface area contributed by atoms with Crippen molar-refractivity contribution in [2.45, 2.75) is 19.4 Å². The van der Waals surface area contributed by atoms with Gasteiger partial charge in [-0.3, -0.25) is 0 Å². The van der Waals surface area contributed by atoms with E-state index in [4.69, 9.17) is 20.3 Å². The van der Waals surface area contributed by atoms with Crippen molar-refractivity contribution in [2.24, 2.45) is 0 Å². The van der Waals surface area contributed by atoms with Gasteiger partial charge >= 0.3 is 0 Å². The first-order valence-electron chi connectivity index (χ1n) is 5.52. The van der Waals surface area contributed by atoms with Gasteiger partial charge < -0.3 is 25.6 Å². The van der Waals surface area contributed by atoms with E-state index in [1.807, 2.05) is 0 Å². The van der Waals surface area contributed by atoms with Gasteiger partial charge in [-0.05, 0) is 13.3 Å². The number of benzene rings is 1. The minimum Gasteiger partial charge on any atom is -0.493 e. The average Bonchev–Trinajstić information content (AvgIpc) is 2.30. The summed E-state index contributed by atoms with van der Waals surface area (Å²) in [7, 11) is 3.14. The van der Waals surface area contributed by atoms with Gasteiger partial charge in [-0.25, -0.2) is 0 Å². The van der Waals surface area contributed by atoms with Crippen LogP contribution in [0.25, 0.3) is 0 Å². The van der Waals surface area contributed by atoms with Crippen LogP contribution in [0.15, 0.2) is 12.1 Å². The van der Waals surface area contributed by atoms with Crippen molar-refractivity contribution in [2.75, 3.05) is 31.8 Å². The summed E-state index contributed by atoms with van der Waals surface area (Å²) in [6.45, 7) is 2.40. The summed E-state index contributed by atoms with van der Waals surface area (Å²) >= 11 is 0. The molecule has 0 radical (unpaired) electrons. The highest BCUT2D eigenvalue weighted by Gasteiger charge is 2.08. The molecule has 0 saturated carbocycles. The lowest BCUT2D eigenvalue weighted by Crippen LogP contribution is -2.11. The number of methoxy groups -OCH3 is 2. The maximum Gasteiger partial charge on any atom is 0.162 e. The predicted octanol–water partition coefficient (Wildman–Crippen LogP) is 1.47. The van der Waals surface area contributed by atoms with Crippen molar-refractivity contribution in [3.63, 3.8) is 0 Å². The molecule has 5 heteroatoms. The monoisotopic (exact) mass is 240 g/mol. The van der Waals surface area contributed by atoms with Crippen molar-refractivity contribution in [3.05, 3.63) is 12.1 Å². The zero-order chi connectivity index (χ0) is 12.8. The van der Waals surface area contributed by atoms with Crippen LogP contribution in [0.4, 0.5) is 11.4 Å². The van der Waals surface area contributed by atoms with E-state index in [2.05, 4.69) is 5.32 Å². The van der Waals surface area contributed by atoms with Gasteiger partial charge in [-0.2, -0.15) is 0 Å². The predicted molar refractivity (Wildman–Crippen MR) is 68.7 cm³/mol. The van der Waals surface area contributed by atoms with Gasteiger partial charge in [0, 0.05) is 18.7 Å². The molecule has 0 aliphatic carbocycles. The molecule has 1 rings (SSSR count). The second kappa shape index (κ2) is 6.20. The van der Waals surface area contributed by atoms with E-state index in [-0.39, 0.29) is 6.10 Å². The lowest BCUT2D eigenvalue weighted by molar-refractivity contribution is 0.189. The summed E-state index contributed by atoms with van der Waals surface area (Å²) < 4.78 is 10.3. The lowest BCUT2D eigenvalue weighted by Gasteiger charge is -2.14. The summed E-state index contributed by atoms with van der Waals surface area (Å²) in [5.41, 5.74) is 7.25. The Labute approximate surface area is 102 Å². The Kier molecular flexibility index (Phi) is 4.90. The number of hydrogen-bond donors (Lipinski definition) is 3. The van der Waals surface area contributed by atoms with Crippen LogP contribution in [0.1, 0.15) is 13.3 Å². The van der Waals surface area contributed by atoms with Crippen LogP contribution < -0.4 is 20.5 Å². The Balaban J connectivity index is 2.78. The van der Waals surface area contributed by atoms with Gasteiger partial charge in [0.15, 0.2) is 11.5 Å². The third-order valence-electron chi connectivity index (χ3n) is 2.43. The van der Waals surface area contributed by atoms with Crippen LogP contribution in [0.2, 0.25) is 0 Å². The van der Waals surface area contributed by atoms with Gasteiger partial charge in [0.1, 0.15) is 0 Å². The molecule has 0 saturated heterocycles. The largest absolute Gasteiger partial charge is 0.493 e. The average molecular weight is 240 g/mol. The number of hydrogen-bond acceptors (Lipinski definition) is 5. The molecule has 0 aromatic heterocycles. The number of ether oxygens (including phenoxy) is 2. The molecule has 1 atom stereocenters. The maximum atomic E-state index is 9.17. The highest BCUT2D eigenvalue weighted by atomic mass is 16.5. The van der Waals surface area contributed by atoms with E-state index in [0.29, 0.717) is 30.2 Å². The van der Waals surface area contributed by atoms with Crippen LogP contribution >= 0.6 is 0 Å². The second-order valence-corrected chi connectivity index (χ2v) is 3.86. The molecule has 1 aromatic carbocycles. The van der Waals surface area contributed by atoms with Crippen molar-refractivity contribution in [1.29, 1.82) is 0 Å². The van der Waals surface area contributed by atoms with Gasteiger partial charge in [0.2, 0.25) is 0 Å². The molecule has 0 bridgehead atoms. The molecule has 1 unspecified atom stereocenters. The summed E-state index contributed by atoms with van der Waals surface area (Å²) in [5, 5.41) is 12.3. The number of rotatable bonds is 6. The quantitative estimate of drug-likeness (QED) is 0.656. The van der Waals surface area contributed by atoms with Gasteiger partial charge in [0.05, 0.1) is 31.7 Å². The summed E-state index contributed by atoms with van der Waals surface area (Å²) in [6, 6.07) is 3.50. The van der Waals surface area contributed by atoms with Crippen LogP contribution in [-0.2, 0) is 0 Å². The molecule has 4 N–H and O–H groups in total. The molecule has 0 aliphatic heterocycles. The Morgan fingerprint density at radius 1 is 1.29 bits per heavy atom. The molecule has 96 valence electrons. The molecule has 0 heterocycles. The summed E-state index contributed by atoms with van der Waals surface area (Å²) in [6.07, 6.45) is 0.331. The fourth-order valence-corrected chi connectivity index (χ4v) is 1.46. The number of anilines is 2. The van der Waals surface area contributed by atoms with E-state index in [1.54, 1.807) is 33.3 Å². The highest BCUT2D eigenvalue weighted by Crippen LogP contribution is 2.34. The summed E-state index contributed by atoms with van der Waals surface area (Å²) in [4.78, 5) is 0. The van der Waals surface area contributed by atoms with Gasteiger partial charge in [0.25, 0.3) is 0 Å². The van der Waals surface area contributed by atoms with Crippen LogP contribution in [-0.4, -0.2) is 32.0 Å². The lowest BCUT2D eigenvalue weighted by atomic mass is 10.2. The summed E-state index contributed by atoms with van der Waals surface area (Å²) in [5.74, 6) is 1.23. The first kappa shape index (κ1) is 13.4. The first-order chi connectivity index (χ1) is 8.08. The van der Waals surface area contributed by atoms with E-state index >= 15 is 0 Å². The zero-order valence-electron chi connectivity index (χ0n) is 10.5. The first-order valence-corrected chi connectivity index (χ1v) is 5.52. The highest BCUT2D eigenvalue weighted by molar-refractivity contribution is 5.71. The topological polar surface area (TPSA) is 76.7 Å². The number of aliphatic hydroxyl groups is 1. The third kappa shape index (κ3) is 3.71. The van der Waals surface area contributed by atoms with Crippen LogP contribution in [0.3, 0.4) is 0 Å². The molecule has 0 amide bonds. The minimum absolute atomic E-state index is 0.330. The third-order valence-corrected chi connectivity index (χ3v) is 2.43. The molecule has 0 spiro atoms. The second-order valence-electron chi connectivity index (χ2n) is 3.86. The molecule has 1 aromatic rings. The Bertz CT molecular complexity index is 367. The number of nitrogen functional groups attached to an aromatic ring is 1. The fourth-order valence-electron chi connectivity index (χ4n) is 1.46. The van der Waals surface area contributed by atoms with Crippen molar-refractivity contribution in [3.8, 4) is 11.5 Å². The minimum atomic E-state index is -0.330. The molecular weight excluding hydrogens is 220 g/mol. The van der Waals surface area contributed by atoms with Crippen molar-refractivity contribution in [1.82, 2.24) is 0 Å². The molecule has 0 aliphatic rings. The molecular formula is C12H20N2O3. The van der Waals surface area contributed by atoms with E-state index in [0.717, 1.165) is 5.69 Å². The fraction of sp³-hybridized carbons (Fsp3) is 0.500. The normalized spacial score (nSPS) is 12.0. The van der Waals surface area contributed by atoms with E-state index in [1.165, 1.54) is 0 Å².